The lowest BCUT2D eigenvalue weighted by Crippen LogP contribution is -2.34. The summed E-state index contributed by atoms with van der Waals surface area (Å²) in [7, 11) is 0. The van der Waals surface area contributed by atoms with Crippen LogP contribution in [0.1, 0.15) is 25.0 Å². The lowest BCUT2D eigenvalue weighted by molar-refractivity contribution is -0.138. The number of aliphatic carboxylic acids is 1. The van der Waals surface area contributed by atoms with Gasteiger partial charge in [0.1, 0.15) is 6.04 Å². The summed E-state index contributed by atoms with van der Waals surface area (Å²) in [5.41, 5.74) is 3.00. The molecule has 1 aromatic rings. The molecule has 1 aromatic carbocycles. The van der Waals surface area contributed by atoms with Crippen LogP contribution in [0.15, 0.2) is 16.6 Å². The summed E-state index contributed by atoms with van der Waals surface area (Å²) in [6.45, 7) is 7.74. The highest BCUT2D eigenvalue weighted by Crippen LogP contribution is 2.26. The molecule has 94 valence electrons. The van der Waals surface area contributed by atoms with Crippen molar-refractivity contribution in [3.63, 3.8) is 0 Å². The van der Waals surface area contributed by atoms with E-state index in [-0.39, 0.29) is 5.92 Å². The van der Waals surface area contributed by atoms with E-state index in [9.17, 15) is 4.79 Å². The molecule has 0 spiro atoms. The molecule has 0 heterocycles. The van der Waals surface area contributed by atoms with Gasteiger partial charge in [-0.25, -0.2) is 4.79 Å². The topological polar surface area (TPSA) is 49.3 Å². The van der Waals surface area contributed by atoms with Gasteiger partial charge in [0.2, 0.25) is 0 Å². The van der Waals surface area contributed by atoms with Gasteiger partial charge in [0, 0.05) is 10.2 Å². The quantitative estimate of drug-likeness (QED) is 0.893. The van der Waals surface area contributed by atoms with Crippen LogP contribution >= 0.6 is 15.9 Å². The standard InChI is InChI=1S/C13H18BrNO2/c1-7(2)11(13(16)17)15-12-8(3)5-10(14)6-9(12)4/h5-7,11,15H,1-4H3,(H,16,17). The van der Waals surface area contributed by atoms with Crippen molar-refractivity contribution in [2.24, 2.45) is 5.92 Å². The van der Waals surface area contributed by atoms with Crippen LogP contribution in [0.2, 0.25) is 0 Å². The average Bonchev–Trinajstić information content (AvgIpc) is 2.14. The largest absolute Gasteiger partial charge is 0.480 e. The Balaban J connectivity index is 3.05. The maximum Gasteiger partial charge on any atom is 0.326 e. The Labute approximate surface area is 110 Å². The van der Waals surface area contributed by atoms with E-state index in [0.717, 1.165) is 21.3 Å². The predicted molar refractivity (Wildman–Crippen MR) is 73.5 cm³/mol. The summed E-state index contributed by atoms with van der Waals surface area (Å²) in [6, 6.07) is 3.40. The fraction of sp³-hybridized carbons (Fsp3) is 0.462. The molecule has 2 N–H and O–H groups in total. The summed E-state index contributed by atoms with van der Waals surface area (Å²) in [6.07, 6.45) is 0. The van der Waals surface area contributed by atoms with E-state index in [2.05, 4.69) is 21.2 Å². The minimum absolute atomic E-state index is 0.0370. The van der Waals surface area contributed by atoms with Crippen LogP contribution in [0.3, 0.4) is 0 Å². The van der Waals surface area contributed by atoms with Crippen LogP contribution in [-0.4, -0.2) is 17.1 Å². The Morgan fingerprint density at radius 2 is 1.76 bits per heavy atom. The SMILES string of the molecule is Cc1cc(Br)cc(C)c1NC(C(=O)O)C(C)C. The average molecular weight is 300 g/mol. The van der Waals surface area contributed by atoms with Crippen LogP contribution in [-0.2, 0) is 4.79 Å². The van der Waals surface area contributed by atoms with Crippen LogP contribution in [0, 0.1) is 19.8 Å². The molecule has 0 aromatic heterocycles. The fourth-order valence-corrected chi connectivity index (χ4v) is 2.49. The first kappa shape index (κ1) is 14.0. The Kier molecular flexibility index (Phi) is 4.57. The normalized spacial score (nSPS) is 12.6. The highest BCUT2D eigenvalue weighted by atomic mass is 79.9. The Morgan fingerprint density at radius 3 is 2.12 bits per heavy atom. The highest BCUT2D eigenvalue weighted by molar-refractivity contribution is 9.10. The number of carboxylic acid groups (broad SMARTS) is 1. The number of hydrogen-bond donors (Lipinski definition) is 2. The first-order chi connectivity index (χ1) is 7.82. The highest BCUT2D eigenvalue weighted by Gasteiger charge is 2.22. The van der Waals surface area contributed by atoms with E-state index >= 15 is 0 Å². The minimum atomic E-state index is -0.818. The van der Waals surface area contributed by atoms with E-state index in [1.807, 2.05) is 39.8 Å². The van der Waals surface area contributed by atoms with Gasteiger partial charge in [0.15, 0.2) is 0 Å². The zero-order valence-electron chi connectivity index (χ0n) is 10.5. The maximum atomic E-state index is 11.2. The van der Waals surface area contributed by atoms with Crippen molar-refractivity contribution < 1.29 is 9.90 Å². The number of aryl methyl sites for hydroxylation is 2. The molecule has 1 atom stereocenters. The lowest BCUT2D eigenvalue weighted by Gasteiger charge is -2.22. The second kappa shape index (κ2) is 5.54. The minimum Gasteiger partial charge on any atom is -0.480 e. The van der Waals surface area contributed by atoms with Gasteiger partial charge < -0.3 is 10.4 Å². The van der Waals surface area contributed by atoms with Gasteiger partial charge in [-0.15, -0.1) is 0 Å². The smallest absolute Gasteiger partial charge is 0.326 e. The molecule has 0 amide bonds. The molecule has 0 aliphatic rings. The molecule has 4 heteroatoms. The third-order valence-electron chi connectivity index (χ3n) is 2.73. The van der Waals surface area contributed by atoms with Gasteiger partial charge in [-0.3, -0.25) is 0 Å². The van der Waals surface area contributed by atoms with E-state index in [1.165, 1.54) is 0 Å². The van der Waals surface area contributed by atoms with E-state index in [1.54, 1.807) is 0 Å². The zero-order valence-corrected chi connectivity index (χ0v) is 12.1. The maximum absolute atomic E-state index is 11.2. The molecular formula is C13H18BrNO2. The molecule has 0 aliphatic heterocycles. The Bertz CT molecular complexity index is 406. The van der Waals surface area contributed by atoms with Crippen LogP contribution in [0.5, 0.6) is 0 Å². The van der Waals surface area contributed by atoms with Gasteiger partial charge in [0.25, 0.3) is 0 Å². The van der Waals surface area contributed by atoms with Crippen LogP contribution in [0.25, 0.3) is 0 Å². The summed E-state index contributed by atoms with van der Waals surface area (Å²) in [5.74, 6) is -0.781. The van der Waals surface area contributed by atoms with Crippen molar-refractivity contribution in [3.8, 4) is 0 Å². The van der Waals surface area contributed by atoms with Crippen LogP contribution in [0.4, 0.5) is 5.69 Å². The number of anilines is 1. The molecule has 0 aliphatic carbocycles. The van der Waals surface area contributed by atoms with E-state index < -0.39 is 12.0 Å². The van der Waals surface area contributed by atoms with Gasteiger partial charge in [-0.05, 0) is 43.0 Å². The molecular weight excluding hydrogens is 282 g/mol. The lowest BCUT2D eigenvalue weighted by atomic mass is 10.0. The van der Waals surface area contributed by atoms with Crippen molar-refractivity contribution in [3.05, 3.63) is 27.7 Å². The van der Waals surface area contributed by atoms with E-state index in [0.29, 0.717) is 0 Å². The summed E-state index contributed by atoms with van der Waals surface area (Å²) >= 11 is 3.43. The number of nitrogens with one attached hydrogen (secondary N) is 1. The summed E-state index contributed by atoms with van der Waals surface area (Å²) in [5, 5.41) is 12.3. The van der Waals surface area contributed by atoms with Crippen molar-refractivity contribution in [1.29, 1.82) is 0 Å². The summed E-state index contributed by atoms with van der Waals surface area (Å²) in [4.78, 5) is 11.2. The molecule has 0 bridgehead atoms. The molecule has 0 fully saturated rings. The molecule has 0 radical (unpaired) electrons. The molecule has 0 saturated carbocycles. The number of carbonyl (C=O) groups is 1. The van der Waals surface area contributed by atoms with Gasteiger partial charge in [-0.1, -0.05) is 29.8 Å². The van der Waals surface area contributed by atoms with Gasteiger partial charge in [0.05, 0.1) is 0 Å². The first-order valence-corrected chi connectivity index (χ1v) is 6.38. The molecule has 0 saturated heterocycles. The number of rotatable bonds is 4. The second-order valence-corrected chi connectivity index (χ2v) is 5.53. The Morgan fingerprint density at radius 1 is 1.29 bits per heavy atom. The van der Waals surface area contributed by atoms with Crippen molar-refractivity contribution in [2.45, 2.75) is 33.7 Å². The third-order valence-corrected chi connectivity index (χ3v) is 3.19. The Hall–Kier alpha value is -1.03. The number of carboxylic acids is 1. The van der Waals surface area contributed by atoms with Gasteiger partial charge in [-0.2, -0.15) is 0 Å². The van der Waals surface area contributed by atoms with Crippen molar-refractivity contribution in [2.75, 3.05) is 5.32 Å². The second-order valence-electron chi connectivity index (χ2n) is 4.62. The van der Waals surface area contributed by atoms with Gasteiger partial charge >= 0.3 is 5.97 Å². The van der Waals surface area contributed by atoms with Crippen LogP contribution < -0.4 is 5.32 Å². The van der Waals surface area contributed by atoms with Crippen molar-refractivity contribution in [1.82, 2.24) is 0 Å². The monoisotopic (exact) mass is 299 g/mol. The number of hydrogen-bond acceptors (Lipinski definition) is 2. The fourth-order valence-electron chi connectivity index (χ4n) is 1.81. The molecule has 17 heavy (non-hydrogen) atoms. The predicted octanol–water partition coefficient (Wildman–Crippen LogP) is 3.59. The van der Waals surface area contributed by atoms with E-state index in [4.69, 9.17) is 5.11 Å². The molecule has 1 rings (SSSR count). The number of halogens is 1. The zero-order chi connectivity index (χ0) is 13.2. The summed E-state index contributed by atoms with van der Waals surface area (Å²) < 4.78 is 1.01. The first-order valence-electron chi connectivity index (χ1n) is 5.59. The third kappa shape index (κ3) is 3.46. The van der Waals surface area contributed by atoms with Crippen molar-refractivity contribution >= 4 is 27.6 Å². The molecule has 3 nitrogen and oxygen atoms in total. The number of benzene rings is 1. The molecule has 1 unspecified atom stereocenters.